The van der Waals surface area contributed by atoms with Crippen LogP contribution in [0.1, 0.15) is 5.56 Å². The highest BCUT2D eigenvalue weighted by Gasteiger charge is 2.06. The van der Waals surface area contributed by atoms with Gasteiger partial charge in [-0.1, -0.05) is 36.4 Å². The molecule has 19 heavy (non-hydrogen) atoms. The van der Waals surface area contributed by atoms with Crippen LogP contribution in [-0.4, -0.2) is 4.98 Å². The fraction of sp³-hybridized carbons (Fsp3) is 0. The molecule has 2 aromatic carbocycles. The number of aromatic nitrogens is 1. The van der Waals surface area contributed by atoms with Crippen molar-refractivity contribution >= 4 is 22.4 Å². The second-order valence-corrected chi connectivity index (χ2v) is 4.18. The topological polar surface area (TPSA) is 48.7 Å². The van der Waals surface area contributed by atoms with Gasteiger partial charge in [-0.15, -0.1) is 0 Å². The molecule has 0 saturated heterocycles. The number of hydrogen-bond acceptors (Lipinski definition) is 3. The van der Waals surface area contributed by atoms with Gasteiger partial charge in [0.05, 0.1) is 11.1 Å². The molecule has 0 unspecified atom stereocenters. The van der Waals surface area contributed by atoms with Gasteiger partial charge in [-0.05, 0) is 24.3 Å². The van der Waals surface area contributed by atoms with Crippen molar-refractivity contribution in [2.24, 2.45) is 0 Å². The predicted octanol–water partition coefficient (Wildman–Crippen LogP) is 3.85. The summed E-state index contributed by atoms with van der Waals surface area (Å²) in [6, 6.07) is 21.5. The summed E-state index contributed by atoms with van der Waals surface area (Å²) in [5, 5.41) is 13.4. The van der Waals surface area contributed by atoms with Gasteiger partial charge in [0.2, 0.25) is 0 Å². The maximum Gasteiger partial charge on any atom is 0.149 e. The fourth-order valence-corrected chi connectivity index (χ4v) is 1.95. The number of pyridine rings is 1. The second kappa shape index (κ2) is 4.79. The van der Waals surface area contributed by atoms with Crippen molar-refractivity contribution in [3.05, 3.63) is 66.2 Å². The van der Waals surface area contributed by atoms with Gasteiger partial charge in [-0.2, -0.15) is 5.26 Å². The summed E-state index contributed by atoms with van der Waals surface area (Å²) >= 11 is 0. The van der Waals surface area contributed by atoms with Gasteiger partial charge < -0.3 is 5.32 Å². The van der Waals surface area contributed by atoms with E-state index >= 15 is 0 Å². The van der Waals surface area contributed by atoms with Crippen LogP contribution in [-0.2, 0) is 0 Å². The molecule has 3 nitrogen and oxygen atoms in total. The number of benzene rings is 2. The Labute approximate surface area is 111 Å². The first-order valence-corrected chi connectivity index (χ1v) is 5.99. The zero-order chi connectivity index (χ0) is 13.1. The monoisotopic (exact) mass is 245 g/mol. The number of rotatable bonds is 2. The Hall–Kier alpha value is -2.86. The van der Waals surface area contributed by atoms with Crippen molar-refractivity contribution in [3.63, 3.8) is 0 Å². The minimum Gasteiger partial charge on any atom is -0.339 e. The van der Waals surface area contributed by atoms with E-state index in [2.05, 4.69) is 16.4 Å². The number of fused-ring (bicyclic) bond motifs is 1. The highest BCUT2D eigenvalue weighted by molar-refractivity contribution is 5.83. The van der Waals surface area contributed by atoms with Crippen molar-refractivity contribution in [3.8, 4) is 6.07 Å². The van der Waals surface area contributed by atoms with E-state index in [4.69, 9.17) is 0 Å². The van der Waals surface area contributed by atoms with Crippen molar-refractivity contribution < 1.29 is 0 Å². The third-order valence-electron chi connectivity index (χ3n) is 2.88. The van der Waals surface area contributed by atoms with Crippen LogP contribution < -0.4 is 5.32 Å². The van der Waals surface area contributed by atoms with Gasteiger partial charge in [0.25, 0.3) is 0 Å². The molecule has 0 fully saturated rings. The van der Waals surface area contributed by atoms with Gasteiger partial charge in [0.1, 0.15) is 11.9 Å². The summed E-state index contributed by atoms with van der Waals surface area (Å²) < 4.78 is 0. The smallest absolute Gasteiger partial charge is 0.149 e. The molecule has 0 radical (unpaired) electrons. The summed E-state index contributed by atoms with van der Waals surface area (Å²) in [7, 11) is 0. The van der Waals surface area contributed by atoms with Crippen LogP contribution in [0, 0.1) is 11.3 Å². The molecule has 0 spiro atoms. The Morgan fingerprint density at radius 3 is 2.47 bits per heavy atom. The molecule has 1 heterocycles. The molecule has 3 rings (SSSR count). The molecule has 0 atom stereocenters. The third-order valence-corrected chi connectivity index (χ3v) is 2.88. The van der Waals surface area contributed by atoms with Crippen molar-refractivity contribution in [1.29, 1.82) is 5.26 Å². The normalized spacial score (nSPS) is 10.1. The zero-order valence-electron chi connectivity index (χ0n) is 10.2. The molecule has 1 N–H and O–H groups in total. The van der Waals surface area contributed by atoms with E-state index in [0.29, 0.717) is 11.4 Å². The Balaban J connectivity index is 2.10. The average Bonchev–Trinajstić information content (AvgIpc) is 2.47. The number of nitrogens with one attached hydrogen (secondary N) is 1. The van der Waals surface area contributed by atoms with Crippen molar-refractivity contribution in [2.75, 3.05) is 5.32 Å². The lowest BCUT2D eigenvalue weighted by Gasteiger charge is -2.08. The summed E-state index contributed by atoms with van der Waals surface area (Å²) in [5.41, 5.74) is 2.34. The first kappa shape index (κ1) is 11.2. The van der Waals surface area contributed by atoms with Crippen molar-refractivity contribution in [2.45, 2.75) is 0 Å². The van der Waals surface area contributed by atoms with E-state index in [1.165, 1.54) is 0 Å². The van der Waals surface area contributed by atoms with Crippen molar-refractivity contribution in [1.82, 2.24) is 4.98 Å². The SMILES string of the molecule is N#Cc1cc2ccccc2nc1Nc1ccccc1. The lowest BCUT2D eigenvalue weighted by molar-refractivity contribution is 1.34. The van der Waals surface area contributed by atoms with E-state index in [-0.39, 0.29) is 0 Å². The standard InChI is InChI=1S/C16H11N3/c17-11-13-10-12-6-4-5-9-15(12)19-16(13)18-14-7-2-1-3-8-14/h1-10H,(H,18,19). The van der Waals surface area contributed by atoms with E-state index in [1.54, 1.807) is 0 Å². The minimum absolute atomic E-state index is 0.544. The Morgan fingerprint density at radius 2 is 1.68 bits per heavy atom. The van der Waals surface area contributed by atoms with Gasteiger partial charge in [-0.25, -0.2) is 4.98 Å². The van der Waals surface area contributed by atoms with Crippen LogP contribution in [0.3, 0.4) is 0 Å². The Morgan fingerprint density at radius 1 is 0.947 bits per heavy atom. The van der Waals surface area contributed by atoms with Crippen LogP contribution in [0.5, 0.6) is 0 Å². The second-order valence-electron chi connectivity index (χ2n) is 4.18. The number of nitriles is 1. The molecular formula is C16H11N3. The lowest BCUT2D eigenvalue weighted by Crippen LogP contribution is -1.97. The number of para-hydroxylation sites is 2. The first-order valence-electron chi connectivity index (χ1n) is 5.99. The molecule has 3 aromatic rings. The maximum atomic E-state index is 9.23. The summed E-state index contributed by atoms with van der Waals surface area (Å²) in [4.78, 5) is 4.51. The zero-order valence-corrected chi connectivity index (χ0v) is 10.2. The molecule has 1 aromatic heterocycles. The molecule has 0 aliphatic rings. The van der Waals surface area contributed by atoms with Gasteiger partial charge in [0, 0.05) is 11.1 Å². The summed E-state index contributed by atoms with van der Waals surface area (Å²) in [5.74, 6) is 0.590. The first-order chi connectivity index (χ1) is 9.36. The molecule has 90 valence electrons. The average molecular weight is 245 g/mol. The highest BCUT2D eigenvalue weighted by atomic mass is 15.0. The minimum atomic E-state index is 0.544. The Kier molecular flexibility index (Phi) is 2.83. The quantitative estimate of drug-likeness (QED) is 0.746. The van der Waals surface area contributed by atoms with Crippen LogP contribution in [0.2, 0.25) is 0 Å². The van der Waals surface area contributed by atoms with E-state index < -0.39 is 0 Å². The molecule has 0 bridgehead atoms. The molecule has 0 amide bonds. The van der Waals surface area contributed by atoms with Gasteiger partial charge in [0.15, 0.2) is 0 Å². The third kappa shape index (κ3) is 2.24. The molecule has 3 heteroatoms. The number of nitrogens with zero attached hydrogens (tertiary/aromatic N) is 2. The summed E-state index contributed by atoms with van der Waals surface area (Å²) in [6.07, 6.45) is 0. The molecule has 0 aliphatic heterocycles. The lowest BCUT2D eigenvalue weighted by atomic mass is 10.1. The predicted molar refractivity (Wildman–Crippen MR) is 76.2 cm³/mol. The fourth-order valence-electron chi connectivity index (χ4n) is 1.95. The highest BCUT2D eigenvalue weighted by Crippen LogP contribution is 2.22. The van der Waals surface area contributed by atoms with Crippen LogP contribution >= 0.6 is 0 Å². The van der Waals surface area contributed by atoms with Gasteiger partial charge >= 0.3 is 0 Å². The largest absolute Gasteiger partial charge is 0.339 e. The number of anilines is 2. The van der Waals surface area contributed by atoms with Crippen LogP contribution in [0.15, 0.2) is 60.7 Å². The Bertz CT molecular complexity index is 758. The molecule has 0 saturated carbocycles. The maximum absolute atomic E-state index is 9.23. The van der Waals surface area contributed by atoms with E-state index in [0.717, 1.165) is 16.6 Å². The van der Waals surface area contributed by atoms with Crippen LogP contribution in [0.4, 0.5) is 11.5 Å². The van der Waals surface area contributed by atoms with E-state index in [9.17, 15) is 5.26 Å². The van der Waals surface area contributed by atoms with Crippen LogP contribution in [0.25, 0.3) is 10.9 Å². The molecule has 0 aliphatic carbocycles. The van der Waals surface area contributed by atoms with Gasteiger partial charge in [-0.3, -0.25) is 0 Å². The number of hydrogen-bond donors (Lipinski definition) is 1. The summed E-state index contributed by atoms with van der Waals surface area (Å²) in [6.45, 7) is 0. The molecular weight excluding hydrogens is 234 g/mol. The van der Waals surface area contributed by atoms with E-state index in [1.807, 2.05) is 60.7 Å².